The average molecular weight is 438 g/mol. The van der Waals surface area contributed by atoms with Gasteiger partial charge in [0.05, 0.1) is 19.2 Å². The van der Waals surface area contributed by atoms with Crippen LogP contribution in [-0.4, -0.2) is 40.1 Å². The van der Waals surface area contributed by atoms with Crippen LogP contribution in [0.2, 0.25) is 0 Å². The average Bonchev–Trinajstić information content (AvgIpc) is 3.00. The molecule has 31 heavy (non-hydrogen) atoms. The number of aromatic nitrogens is 2. The summed E-state index contributed by atoms with van der Waals surface area (Å²) in [5.41, 5.74) is 0.304. The van der Waals surface area contributed by atoms with E-state index in [1.54, 1.807) is 30.3 Å². The molecular weight excluding hydrogens is 417 g/mol. The zero-order valence-corrected chi connectivity index (χ0v) is 17.1. The van der Waals surface area contributed by atoms with E-state index in [4.69, 9.17) is 9.47 Å². The highest BCUT2D eigenvalue weighted by Gasteiger charge is 2.32. The minimum atomic E-state index is -4.70. The Morgan fingerprint density at radius 3 is 2.48 bits per heavy atom. The van der Waals surface area contributed by atoms with Crippen molar-refractivity contribution in [1.82, 2.24) is 9.13 Å². The Morgan fingerprint density at radius 2 is 1.90 bits per heavy atom. The smallest absolute Gasteiger partial charge is 0.422 e. The second-order valence-electron chi connectivity index (χ2n) is 6.90. The first-order valence-corrected chi connectivity index (χ1v) is 9.38. The third-order valence-corrected chi connectivity index (χ3v) is 4.97. The van der Waals surface area contributed by atoms with Crippen molar-refractivity contribution in [2.75, 3.05) is 13.7 Å². The molecule has 0 radical (unpaired) electrons. The van der Waals surface area contributed by atoms with E-state index in [9.17, 15) is 27.9 Å². The molecule has 1 N–H and O–H groups in total. The molecule has 1 aromatic carbocycles. The monoisotopic (exact) mass is 438 g/mol. The number of aromatic carboxylic acids is 1. The summed E-state index contributed by atoms with van der Waals surface area (Å²) >= 11 is 0. The Morgan fingerprint density at radius 1 is 1.23 bits per heavy atom. The summed E-state index contributed by atoms with van der Waals surface area (Å²) in [6.07, 6.45) is -4.26. The SMILES string of the molecule is CCc1cc2c(c(OCC(F)(F)F)c(C(=O)O)n2C)c(=O)n1Cc1ccccc1OC. The van der Waals surface area contributed by atoms with Crippen LogP contribution in [0.3, 0.4) is 0 Å². The van der Waals surface area contributed by atoms with Gasteiger partial charge in [0.2, 0.25) is 0 Å². The van der Waals surface area contributed by atoms with Gasteiger partial charge in [-0.1, -0.05) is 25.1 Å². The highest BCUT2D eigenvalue weighted by molar-refractivity contribution is 6.00. The lowest BCUT2D eigenvalue weighted by molar-refractivity contribution is -0.153. The van der Waals surface area contributed by atoms with Crippen molar-refractivity contribution in [2.24, 2.45) is 7.05 Å². The minimum absolute atomic E-state index is 0.0952. The molecule has 10 heteroatoms. The molecule has 166 valence electrons. The van der Waals surface area contributed by atoms with Crippen LogP contribution in [0.25, 0.3) is 10.9 Å². The molecule has 0 aliphatic rings. The van der Waals surface area contributed by atoms with Gasteiger partial charge in [-0.05, 0) is 18.6 Å². The molecule has 0 saturated carbocycles. The lowest BCUT2D eigenvalue weighted by atomic mass is 10.1. The van der Waals surface area contributed by atoms with E-state index >= 15 is 0 Å². The number of aryl methyl sites for hydroxylation is 2. The first-order chi connectivity index (χ1) is 14.6. The molecule has 0 bridgehead atoms. The molecular formula is C21H21F3N2O5. The molecule has 0 spiro atoms. The number of para-hydroxylation sites is 1. The molecule has 0 aliphatic carbocycles. The van der Waals surface area contributed by atoms with E-state index in [0.717, 1.165) is 4.57 Å². The van der Waals surface area contributed by atoms with Crippen molar-refractivity contribution < 1.29 is 32.5 Å². The molecule has 0 fully saturated rings. The first kappa shape index (κ1) is 22.3. The lowest BCUT2D eigenvalue weighted by Crippen LogP contribution is -2.25. The summed E-state index contributed by atoms with van der Waals surface area (Å²) in [4.78, 5) is 25.2. The van der Waals surface area contributed by atoms with Crippen molar-refractivity contribution in [2.45, 2.75) is 26.1 Å². The fourth-order valence-electron chi connectivity index (χ4n) is 3.56. The molecule has 0 saturated heterocycles. The first-order valence-electron chi connectivity index (χ1n) is 9.38. The van der Waals surface area contributed by atoms with Crippen molar-refractivity contribution in [1.29, 1.82) is 0 Å². The van der Waals surface area contributed by atoms with E-state index in [2.05, 4.69) is 0 Å². The maximum atomic E-state index is 13.4. The van der Waals surface area contributed by atoms with Crippen LogP contribution in [0.4, 0.5) is 13.2 Å². The standard InChI is InChI=1S/C21H21F3N2O5/c1-4-13-9-14-16(18(31-11-21(22,23)24)17(20(28)29)25(14)2)19(27)26(13)10-12-7-5-6-8-15(12)30-3/h5-9H,4,10-11H2,1-3H3,(H,28,29). The van der Waals surface area contributed by atoms with Gasteiger partial charge in [0.25, 0.3) is 5.56 Å². The number of methoxy groups -OCH3 is 1. The van der Waals surface area contributed by atoms with Crippen molar-refractivity contribution in [3.05, 3.63) is 57.6 Å². The molecule has 0 aliphatic heterocycles. The maximum Gasteiger partial charge on any atom is 0.422 e. The summed E-state index contributed by atoms with van der Waals surface area (Å²) < 4.78 is 51.0. The van der Waals surface area contributed by atoms with E-state index in [1.165, 1.54) is 18.7 Å². The number of nitrogens with zero attached hydrogens (tertiary/aromatic N) is 2. The number of carboxylic acid groups (broad SMARTS) is 1. The third kappa shape index (κ3) is 4.23. The van der Waals surface area contributed by atoms with Crippen molar-refractivity contribution >= 4 is 16.9 Å². The van der Waals surface area contributed by atoms with E-state index in [0.29, 0.717) is 23.4 Å². The summed E-state index contributed by atoms with van der Waals surface area (Å²) in [5.74, 6) is -1.54. The van der Waals surface area contributed by atoms with Gasteiger partial charge in [-0.2, -0.15) is 13.2 Å². The number of carboxylic acids is 1. The number of pyridine rings is 1. The Labute approximate surface area is 175 Å². The van der Waals surface area contributed by atoms with Crippen LogP contribution in [0, 0.1) is 0 Å². The fraction of sp³-hybridized carbons (Fsp3) is 0.333. The molecule has 0 amide bonds. The molecule has 2 aromatic heterocycles. The Balaban J connectivity index is 2.28. The van der Waals surface area contributed by atoms with Crippen molar-refractivity contribution in [3.8, 4) is 11.5 Å². The summed E-state index contributed by atoms with van der Waals surface area (Å²) in [6, 6.07) is 8.64. The zero-order valence-electron chi connectivity index (χ0n) is 17.1. The van der Waals surface area contributed by atoms with E-state index in [-0.39, 0.29) is 17.4 Å². The Bertz CT molecular complexity index is 1190. The summed E-state index contributed by atoms with van der Waals surface area (Å²) in [7, 11) is 2.86. The number of rotatable bonds is 7. The number of hydrogen-bond acceptors (Lipinski definition) is 4. The van der Waals surface area contributed by atoms with Gasteiger partial charge in [0.15, 0.2) is 18.1 Å². The zero-order chi connectivity index (χ0) is 22.9. The number of hydrogen-bond donors (Lipinski definition) is 1. The van der Waals surface area contributed by atoms with Gasteiger partial charge in [-0.15, -0.1) is 0 Å². The molecule has 3 rings (SSSR count). The van der Waals surface area contributed by atoms with Crippen LogP contribution in [0.1, 0.15) is 28.7 Å². The predicted molar refractivity (Wildman–Crippen MR) is 107 cm³/mol. The van der Waals surface area contributed by atoms with E-state index < -0.39 is 35.8 Å². The largest absolute Gasteiger partial charge is 0.496 e. The number of ether oxygens (including phenoxy) is 2. The number of benzene rings is 1. The van der Waals surface area contributed by atoms with Crippen LogP contribution < -0.4 is 15.0 Å². The van der Waals surface area contributed by atoms with E-state index in [1.807, 2.05) is 6.92 Å². The topological polar surface area (TPSA) is 82.7 Å². The minimum Gasteiger partial charge on any atom is -0.496 e. The normalized spacial score (nSPS) is 11.7. The number of alkyl halides is 3. The second kappa shape index (κ2) is 8.37. The van der Waals surface area contributed by atoms with Gasteiger partial charge >= 0.3 is 12.1 Å². The fourth-order valence-corrected chi connectivity index (χ4v) is 3.56. The summed E-state index contributed by atoms with van der Waals surface area (Å²) in [5, 5.41) is 9.35. The highest BCUT2D eigenvalue weighted by Crippen LogP contribution is 2.33. The highest BCUT2D eigenvalue weighted by atomic mass is 19.4. The summed E-state index contributed by atoms with van der Waals surface area (Å²) in [6.45, 7) is 0.202. The number of carbonyl (C=O) groups is 1. The van der Waals surface area contributed by atoms with Crippen molar-refractivity contribution in [3.63, 3.8) is 0 Å². The quantitative estimate of drug-likeness (QED) is 0.610. The third-order valence-electron chi connectivity index (χ3n) is 4.97. The number of fused-ring (bicyclic) bond motifs is 1. The molecule has 0 atom stereocenters. The second-order valence-corrected chi connectivity index (χ2v) is 6.90. The molecule has 7 nitrogen and oxygen atoms in total. The van der Waals surface area contributed by atoms with Gasteiger partial charge in [0.1, 0.15) is 11.1 Å². The van der Waals surface area contributed by atoms with Gasteiger partial charge in [0, 0.05) is 18.3 Å². The molecule has 2 heterocycles. The van der Waals surface area contributed by atoms with Crippen LogP contribution in [0.15, 0.2) is 35.1 Å². The lowest BCUT2D eigenvalue weighted by Gasteiger charge is -2.15. The predicted octanol–water partition coefficient (Wildman–Crippen LogP) is 3.60. The van der Waals surface area contributed by atoms with Crippen LogP contribution in [-0.2, 0) is 20.0 Å². The molecule has 0 unspecified atom stereocenters. The Kier molecular flexibility index (Phi) is 6.01. The van der Waals surface area contributed by atoms with Crippen LogP contribution >= 0.6 is 0 Å². The van der Waals surface area contributed by atoms with Gasteiger partial charge < -0.3 is 23.7 Å². The molecule has 3 aromatic rings. The van der Waals surface area contributed by atoms with Gasteiger partial charge in [-0.3, -0.25) is 4.79 Å². The van der Waals surface area contributed by atoms with Crippen LogP contribution in [0.5, 0.6) is 11.5 Å². The number of halogens is 3. The van der Waals surface area contributed by atoms with Gasteiger partial charge in [-0.25, -0.2) is 4.79 Å². The maximum absolute atomic E-state index is 13.4. The Hall–Kier alpha value is -3.43.